The van der Waals surface area contributed by atoms with Crippen LogP contribution in [0.2, 0.25) is 5.02 Å². The number of hydrogen-bond acceptors (Lipinski definition) is 1. The molecule has 20 heavy (non-hydrogen) atoms. The lowest BCUT2D eigenvalue weighted by Gasteiger charge is -2.12. The van der Waals surface area contributed by atoms with Crippen LogP contribution in [-0.4, -0.2) is 0 Å². The maximum atomic E-state index is 5.97. The lowest BCUT2D eigenvalue weighted by Crippen LogP contribution is -2.05. The summed E-state index contributed by atoms with van der Waals surface area (Å²) in [5.41, 5.74) is 3.96. The summed E-state index contributed by atoms with van der Waals surface area (Å²) in [4.78, 5) is 0. The van der Waals surface area contributed by atoms with Crippen LogP contribution in [0, 0.1) is 0 Å². The molecule has 0 bridgehead atoms. The van der Waals surface area contributed by atoms with Crippen molar-refractivity contribution in [1.82, 2.24) is 0 Å². The van der Waals surface area contributed by atoms with Crippen molar-refractivity contribution in [3.05, 3.63) is 76.8 Å². The molecule has 1 aliphatic heterocycles. The maximum absolute atomic E-state index is 5.97. The highest BCUT2D eigenvalue weighted by Gasteiger charge is 2.23. The normalized spacial score (nSPS) is 16.9. The third kappa shape index (κ3) is 1.86. The van der Waals surface area contributed by atoms with Gasteiger partial charge in [0.05, 0.1) is 6.04 Å². The fraction of sp³-hybridized carbons (Fsp3) is 0.111. The van der Waals surface area contributed by atoms with Crippen molar-refractivity contribution in [1.29, 1.82) is 0 Å². The van der Waals surface area contributed by atoms with Crippen LogP contribution in [0.4, 0.5) is 5.69 Å². The van der Waals surface area contributed by atoms with E-state index >= 15 is 0 Å². The lowest BCUT2D eigenvalue weighted by molar-refractivity contribution is 0.824. The van der Waals surface area contributed by atoms with Gasteiger partial charge in [0.15, 0.2) is 0 Å². The summed E-state index contributed by atoms with van der Waals surface area (Å²) in [7, 11) is 0. The molecule has 1 unspecified atom stereocenters. The van der Waals surface area contributed by atoms with Gasteiger partial charge in [0, 0.05) is 16.1 Å². The number of halogens is 1. The first kappa shape index (κ1) is 11.8. The Morgan fingerprint density at radius 2 is 1.70 bits per heavy atom. The molecule has 1 nitrogen and oxygen atoms in total. The van der Waals surface area contributed by atoms with Crippen LogP contribution >= 0.6 is 11.6 Å². The number of anilines is 1. The van der Waals surface area contributed by atoms with Gasteiger partial charge in [-0.1, -0.05) is 60.1 Å². The quantitative estimate of drug-likeness (QED) is 0.645. The Bertz CT molecular complexity index is 777. The average Bonchev–Trinajstić information content (AvgIpc) is 2.92. The van der Waals surface area contributed by atoms with E-state index in [0.29, 0.717) is 6.04 Å². The molecule has 1 atom stereocenters. The van der Waals surface area contributed by atoms with Gasteiger partial charge < -0.3 is 5.32 Å². The molecule has 3 aromatic carbocycles. The van der Waals surface area contributed by atoms with Crippen molar-refractivity contribution in [2.24, 2.45) is 0 Å². The van der Waals surface area contributed by atoms with Crippen LogP contribution in [-0.2, 0) is 6.42 Å². The minimum Gasteiger partial charge on any atom is -0.377 e. The van der Waals surface area contributed by atoms with Gasteiger partial charge in [0.1, 0.15) is 0 Å². The summed E-state index contributed by atoms with van der Waals surface area (Å²) >= 11 is 5.97. The molecule has 0 aromatic heterocycles. The van der Waals surface area contributed by atoms with Crippen LogP contribution < -0.4 is 5.32 Å². The first-order valence-corrected chi connectivity index (χ1v) is 7.22. The van der Waals surface area contributed by atoms with E-state index in [-0.39, 0.29) is 0 Å². The molecule has 1 N–H and O–H groups in total. The van der Waals surface area contributed by atoms with E-state index in [1.54, 1.807) is 0 Å². The Labute approximate surface area is 123 Å². The second kappa shape index (κ2) is 4.53. The van der Waals surface area contributed by atoms with Gasteiger partial charge in [0.2, 0.25) is 0 Å². The highest BCUT2D eigenvalue weighted by molar-refractivity contribution is 6.30. The number of nitrogens with one attached hydrogen (secondary N) is 1. The molecule has 0 radical (unpaired) electrons. The van der Waals surface area contributed by atoms with Gasteiger partial charge in [-0.2, -0.15) is 0 Å². The molecule has 1 aliphatic rings. The minimum atomic E-state index is 0.341. The van der Waals surface area contributed by atoms with Crippen LogP contribution in [0.1, 0.15) is 17.2 Å². The topological polar surface area (TPSA) is 12.0 Å². The van der Waals surface area contributed by atoms with E-state index in [2.05, 4.69) is 53.8 Å². The largest absolute Gasteiger partial charge is 0.377 e. The van der Waals surface area contributed by atoms with Crippen molar-refractivity contribution >= 4 is 28.1 Å². The zero-order chi connectivity index (χ0) is 13.5. The minimum absolute atomic E-state index is 0.341. The highest BCUT2D eigenvalue weighted by atomic mass is 35.5. The predicted octanol–water partition coefficient (Wildman–Crippen LogP) is 5.20. The second-order valence-corrected chi connectivity index (χ2v) is 5.71. The van der Waals surface area contributed by atoms with Gasteiger partial charge in [-0.25, -0.2) is 0 Å². The predicted molar refractivity (Wildman–Crippen MR) is 85.5 cm³/mol. The smallest absolute Gasteiger partial charge is 0.0555 e. The Morgan fingerprint density at radius 3 is 2.55 bits per heavy atom. The summed E-state index contributed by atoms with van der Waals surface area (Å²) in [6.45, 7) is 0. The third-order valence-corrected chi connectivity index (χ3v) is 4.28. The summed E-state index contributed by atoms with van der Waals surface area (Å²) in [6.07, 6.45) is 1.03. The van der Waals surface area contributed by atoms with Gasteiger partial charge in [0.25, 0.3) is 0 Å². The molecule has 4 rings (SSSR count). The molecule has 0 aliphatic carbocycles. The molecule has 0 amide bonds. The maximum Gasteiger partial charge on any atom is 0.0555 e. The van der Waals surface area contributed by atoms with Crippen LogP contribution in [0.15, 0.2) is 60.7 Å². The zero-order valence-corrected chi connectivity index (χ0v) is 11.7. The summed E-state index contributed by atoms with van der Waals surface area (Å²) in [5.74, 6) is 0. The van der Waals surface area contributed by atoms with Gasteiger partial charge in [-0.05, 0) is 35.1 Å². The molecule has 98 valence electrons. The lowest BCUT2D eigenvalue weighted by atomic mass is 10.0. The van der Waals surface area contributed by atoms with E-state index in [4.69, 9.17) is 11.6 Å². The van der Waals surface area contributed by atoms with Crippen LogP contribution in [0.3, 0.4) is 0 Å². The van der Waals surface area contributed by atoms with E-state index in [1.165, 1.54) is 27.6 Å². The first-order valence-electron chi connectivity index (χ1n) is 6.84. The number of rotatable bonds is 1. The fourth-order valence-corrected chi connectivity index (χ4v) is 3.12. The van der Waals surface area contributed by atoms with E-state index < -0.39 is 0 Å². The van der Waals surface area contributed by atoms with Crippen LogP contribution in [0.5, 0.6) is 0 Å². The second-order valence-electron chi connectivity index (χ2n) is 5.27. The third-order valence-electron chi connectivity index (χ3n) is 4.03. The summed E-state index contributed by atoms with van der Waals surface area (Å²) < 4.78 is 0. The first-order chi connectivity index (χ1) is 9.81. The van der Waals surface area contributed by atoms with Gasteiger partial charge >= 0.3 is 0 Å². The summed E-state index contributed by atoms with van der Waals surface area (Å²) in [6, 6.07) is 21.4. The molecule has 3 aromatic rings. The molecule has 0 fully saturated rings. The molecule has 1 heterocycles. The van der Waals surface area contributed by atoms with E-state index in [0.717, 1.165) is 11.4 Å². The molecular formula is C18H14ClN. The van der Waals surface area contributed by atoms with Gasteiger partial charge in [-0.15, -0.1) is 0 Å². The van der Waals surface area contributed by atoms with Crippen molar-refractivity contribution in [3.8, 4) is 0 Å². The van der Waals surface area contributed by atoms with Crippen molar-refractivity contribution in [2.45, 2.75) is 12.5 Å². The average molecular weight is 280 g/mol. The van der Waals surface area contributed by atoms with E-state index in [9.17, 15) is 0 Å². The molecular weight excluding hydrogens is 266 g/mol. The Balaban J connectivity index is 1.76. The molecule has 0 saturated carbocycles. The van der Waals surface area contributed by atoms with Crippen molar-refractivity contribution in [3.63, 3.8) is 0 Å². The molecule has 0 spiro atoms. The molecule has 0 saturated heterocycles. The number of benzene rings is 3. The fourth-order valence-electron chi connectivity index (χ4n) is 3.00. The highest BCUT2D eigenvalue weighted by Crippen LogP contribution is 2.39. The summed E-state index contributed by atoms with van der Waals surface area (Å²) in [5, 5.41) is 7.05. The van der Waals surface area contributed by atoms with E-state index in [1.807, 2.05) is 12.1 Å². The molecule has 2 heteroatoms. The monoisotopic (exact) mass is 279 g/mol. The Hall–Kier alpha value is -1.99. The standard InChI is InChI=1S/C18H14ClN/c19-15-9-7-13(8-10-15)17-11-14-6-5-12-3-1-2-4-16(12)18(14)20-17/h1-10,17,20H,11H2. The SMILES string of the molecule is Clc1ccc(C2Cc3ccc4ccccc4c3N2)cc1. The Kier molecular flexibility index (Phi) is 2.68. The number of fused-ring (bicyclic) bond motifs is 3. The zero-order valence-electron chi connectivity index (χ0n) is 10.9. The Morgan fingerprint density at radius 1 is 0.900 bits per heavy atom. The van der Waals surface area contributed by atoms with Gasteiger partial charge in [-0.3, -0.25) is 0 Å². The van der Waals surface area contributed by atoms with Crippen LogP contribution in [0.25, 0.3) is 10.8 Å². The number of hydrogen-bond donors (Lipinski definition) is 1. The van der Waals surface area contributed by atoms with Crippen molar-refractivity contribution < 1.29 is 0 Å². The van der Waals surface area contributed by atoms with Crippen molar-refractivity contribution in [2.75, 3.05) is 5.32 Å².